The van der Waals surface area contributed by atoms with E-state index >= 15 is 0 Å². The average Bonchev–Trinajstić information content (AvgIpc) is 2.22. The van der Waals surface area contributed by atoms with Gasteiger partial charge in [-0.25, -0.2) is 0 Å². The molecule has 0 aliphatic carbocycles. The molecule has 0 N–H and O–H groups in total. The first kappa shape index (κ1) is 10.7. The van der Waals surface area contributed by atoms with Crippen molar-refractivity contribution in [2.24, 2.45) is 7.05 Å². The van der Waals surface area contributed by atoms with Gasteiger partial charge in [-0.2, -0.15) is 13.2 Å². The Balaban J connectivity index is 2.79. The summed E-state index contributed by atoms with van der Waals surface area (Å²) < 4.78 is 38.6. The Bertz CT molecular complexity index is 598. The molecule has 2 nitrogen and oxygen atoms in total. The Kier molecular flexibility index (Phi) is 2.26. The van der Waals surface area contributed by atoms with Gasteiger partial charge in [0.25, 0.3) is 5.56 Å². The Morgan fingerprint density at radius 3 is 2.38 bits per heavy atom. The molecule has 0 amide bonds. The van der Waals surface area contributed by atoms with Crippen LogP contribution >= 0.6 is 0 Å². The van der Waals surface area contributed by atoms with Crippen molar-refractivity contribution < 1.29 is 13.2 Å². The number of aromatic nitrogens is 1. The third-order valence-corrected chi connectivity index (χ3v) is 2.46. The van der Waals surface area contributed by atoms with E-state index in [1.165, 1.54) is 29.8 Å². The highest BCUT2D eigenvalue weighted by Crippen LogP contribution is 2.30. The van der Waals surface area contributed by atoms with E-state index in [9.17, 15) is 18.0 Å². The molecule has 2 rings (SSSR count). The zero-order chi connectivity index (χ0) is 11.9. The lowest BCUT2D eigenvalue weighted by Crippen LogP contribution is -2.15. The number of hydrogen-bond acceptors (Lipinski definition) is 1. The molecule has 0 aliphatic rings. The van der Waals surface area contributed by atoms with Crippen LogP contribution in [0.25, 0.3) is 10.9 Å². The van der Waals surface area contributed by atoms with Crippen molar-refractivity contribution in [3.63, 3.8) is 0 Å². The summed E-state index contributed by atoms with van der Waals surface area (Å²) >= 11 is 0. The highest BCUT2D eigenvalue weighted by atomic mass is 19.4. The molecule has 0 bridgehead atoms. The molecule has 0 fully saturated rings. The maximum absolute atomic E-state index is 12.5. The molecule has 1 aromatic heterocycles. The van der Waals surface area contributed by atoms with Crippen LogP contribution in [0.1, 0.15) is 5.56 Å². The number of benzene rings is 1. The molecule has 0 saturated carbocycles. The van der Waals surface area contributed by atoms with Crippen molar-refractivity contribution in [3.8, 4) is 0 Å². The van der Waals surface area contributed by atoms with Crippen LogP contribution in [-0.4, -0.2) is 4.57 Å². The molecule has 5 heteroatoms. The largest absolute Gasteiger partial charge is 0.416 e. The third kappa shape index (κ3) is 1.68. The predicted octanol–water partition coefficient (Wildman–Crippen LogP) is 2.56. The molecule has 2 aromatic rings. The van der Waals surface area contributed by atoms with Gasteiger partial charge in [0.1, 0.15) is 0 Å². The van der Waals surface area contributed by atoms with Gasteiger partial charge in [-0.05, 0) is 23.6 Å². The summed E-state index contributed by atoms with van der Waals surface area (Å²) in [5.74, 6) is 0. The number of fused-ring (bicyclic) bond motifs is 1. The summed E-state index contributed by atoms with van der Waals surface area (Å²) in [5, 5.41) is 0.607. The minimum Gasteiger partial charge on any atom is -0.311 e. The standard InChI is InChI=1S/C11H8F3NO/c1-15-9-6-8(11(12,13)14)4-2-7(9)3-5-10(15)16/h2-6H,1H3. The first-order valence-electron chi connectivity index (χ1n) is 4.56. The number of alkyl halides is 3. The summed E-state index contributed by atoms with van der Waals surface area (Å²) in [6.07, 6.45) is -4.39. The number of rotatable bonds is 0. The topological polar surface area (TPSA) is 22.0 Å². The van der Waals surface area contributed by atoms with Gasteiger partial charge in [-0.3, -0.25) is 4.79 Å². The Morgan fingerprint density at radius 1 is 1.12 bits per heavy atom. The molecule has 16 heavy (non-hydrogen) atoms. The normalized spacial score (nSPS) is 12.0. The van der Waals surface area contributed by atoms with Crippen LogP contribution in [0.15, 0.2) is 35.1 Å². The minimum atomic E-state index is -4.39. The van der Waals surface area contributed by atoms with Crippen molar-refractivity contribution in [1.29, 1.82) is 0 Å². The molecule has 1 aromatic carbocycles. The molecule has 0 unspecified atom stereocenters. The quantitative estimate of drug-likeness (QED) is 0.678. The van der Waals surface area contributed by atoms with Crippen molar-refractivity contribution in [2.45, 2.75) is 6.18 Å². The fraction of sp³-hybridized carbons (Fsp3) is 0.182. The van der Waals surface area contributed by atoms with E-state index in [4.69, 9.17) is 0 Å². The highest BCUT2D eigenvalue weighted by molar-refractivity contribution is 5.79. The minimum absolute atomic E-state index is 0.280. The fourth-order valence-corrected chi connectivity index (χ4v) is 1.54. The fourth-order valence-electron chi connectivity index (χ4n) is 1.54. The average molecular weight is 227 g/mol. The Morgan fingerprint density at radius 2 is 1.75 bits per heavy atom. The molecule has 0 atom stereocenters. The first-order valence-corrected chi connectivity index (χ1v) is 4.56. The number of pyridine rings is 1. The van der Waals surface area contributed by atoms with Crippen LogP contribution < -0.4 is 5.56 Å². The van der Waals surface area contributed by atoms with Gasteiger partial charge < -0.3 is 4.57 Å². The molecule has 0 saturated heterocycles. The van der Waals surface area contributed by atoms with E-state index in [1.807, 2.05) is 0 Å². The smallest absolute Gasteiger partial charge is 0.311 e. The van der Waals surface area contributed by atoms with Crippen molar-refractivity contribution in [2.75, 3.05) is 0 Å². The van der Waals surface area contributed by atoms with Gasteiger partial charge in [0.05, 0.1) is 11.1 Å². The lowest BCUT2D eigenvalue weighted by atomic mass is 10.1. The van der Waals surface area contributed by atoms with E-state index in [0.717, 1.165) is 12.1 Å². The zero-order valence-corrected chi connectivity index (χ0v) is 8.38. The number of aryl methyl sites for hydroxylation is 1. The lowest BCUT2D eigenvalue weighted by Gasteiger charge is -2.09. The number of nitrogens with zero attached hydrogens (tertiary/aromatic N) is 1. The summed E-state index contributed by atoms with van der Waals surface area (Å²) in [4.78, 5) is 11.3. The summed E-state index contributed by atoms with van der Waals surface area (Å²) in [6.45, 7) is 0. The van der Waals surface area contributed by atoms with E-state index in [0.29, 0.717) is 5.39 Å². The van der Waals surface area contributed by atoms with Gasteiger partial charge in [0.15, 0.2) is 0 Å². The van der Waals surface area contributed by atoms with Crippen LogP contribution in [0.5, 0.6) is 0 Å². The molecule has 84 valence electrons. The summed E-state index contributed by atoms with van der Waals surface area (Å²) in [6, 6.07) is 6.19. The Labute approximate surface area is 88.9 Å². The molecule has 0 aliphatic heterocycles. The van der Waals surface area contributed by atoms with Crippen LogP contribution in [-0.2, 0) is 13.2 Å². The zero-order valence-electron chi connectivity index (χ0n) is 8.38. The van der Waals surface area contributed by atoms with Crippen LogP contribution in [0.4, 0.5) is 13.2 Å². The summed E-state index contributed by atoms with van der Waals surface area (Å²) in [7, 11) is 1.45. The SMILES string of the molecule is Cn1c(=O)ccc2ccc(C(F)(F)F)cc21. The van der Waals surface area contributed by atoms with E-state index < -0.39 is 11.7 Å². The molecule has 0 radical (unpaired) electrons. The molecule has 0 spiro atoms. The van der Waals surface area contributed by atoms with Crippen molar-refractivity contribution in [3.05, 3.63) is 46.2 Å². The molecule has 1 heterocycles. The van der Waals surface area contributed by atoms with Gasteiger partial charge in [0.2, 0.25) is 0 Å². The van der Waals surface area contributed by atoms with Crippen LogP contribution in [0.3, 0.4) is 0 Å². The van der Waals surface area contributed by atoms with Crippen LogP contribution in [0, 0.1) is 0 Å². The van der Waals surface area contributed by atoms with Crippen molar-refractivity contribution in [1.82, 2.24) is 4.57 Å². The first-order chi connectivity index (χ1) is 7.39. The maximum Gasteiger partial charge on any atom is 0.416 e. The van der Waals surface area contributed by atoms with E-state index in [1.54, 1.807) is 0 Å². The van der Waals surface area contributed by atoms with Gasteiger partial charge in [0, 0.05) is 13.1 Å². The second-order valence-electron chi connectivity index (χ2n) is 3.50. The molecular formula is C11H8F3NO. The monoisotopic (exact) mass is 227 g/mol. The van der Waals surface area contributed by atoms with Gasteiger partial charge in [-0.1, -0.05) is 6.07 Å². The third-order valence-electron chi connectivity index (χ3n) is 2.46. The summed E-state index contributed by atoms with van der Waals surface area (Å²) in [5.41, 5.74) is -0.796. The second kappa shape index (κ2) is 3.37. The Hall–Kier alpha value is -1.78. The lowest BCUT2D eigenvalue weighted by molar-refractivity contribution is -0.137. The maximum atomic E-state index is 12.5. The van der Waals surface area contributed by atoms with E-state index in [2.05, 4.69) is 0 Å². The van der Waals surface area contributed by atoms with Crippen molar-refractivity contribution >= 4 is 10.9 Å². The van der Waals surface area contributed by atoms with E-state index in [-0.39, 0.29) is 11.1 Å². The van der Waals surface area contributed by atoms with Crippen LogP contribution in [0.2, 0.25) is 0 Å². The highest BCUT2D eigenvalue weighted by Gasteiger charge is 2.30. The second-order valence-corrected chi connectivity index (χ2v) is 3.50. The number of hydrogen-bond donors (Lipinski definition) is 0. The number of halogens is 3. The van der Waals surface area contributed by atoms with Gasteiger partial charge >= 0.3 is 6.18 Å². The van der Waals surface area contributed by atoms with Gasteiger partial charge in [-0.15, -0.1) is 0 Å². The predicted molar refractivity (Wildman–Crippen MR) is 54.2 cm³/mol. The molecular weight excluding hydrogens is 219 g/mol.